The first-order valence-corrected chi connectivity index (χ1v) is 5.93. The van der Waals surface area contributed by atoms with Crippen molar-refractivity contribution in [1.82, 2.24) is 0 Å². The van der Waals surface area contributed by atoms with Gasteiger partial charge in [-0.3, -0.25) is 0 Å². The molecule has 0 saturated carbocycles. The van der Waals surface area contributed by atoms with E-state index in [2.05, 4.69) is 4.74 Å². The summed E-state index contributed by atoms with van der Waals surface area (Å²) < 4.78 is 27.3. The molecule has 3 heterocycles. The van der Waals surface area contributed by atoms with Crippen LogP contribution in [0.5, 0.6) is 0 Å². The summed E-state index contributed by atoms with van der Waals surface area (Å²) in [6.45, 7) is 3.73. The minimum absolute atomic E-state index is 0.147. The minimum atomic E-state index is -0.611. The van der Waals surface area contributed by atoms with Gasteiger partial charge in [0, 0.05) is 6.08 Å². The highest BCUT2D eigenvalue weighted by molar-refractivity contribution is 5.81. The van der Waals surface area contributed by atoms with Gasteiger partial charge >= 0.3 is 5.97 Å². The van der Waals surface area contributed by atoms with Gasteiger partial charge in [-0.15, -0.1) is 0 Å². The fraction of sp³-hybridized carbons (Fsp3) is 0.750. The van der Waals surface area contributed by atoms with Gasteiger partial charge < -0.3 is 23.7 Å². The molecule has 3 saturated heterocycles. The van der Waals surface area contributed by atoms with Crippen molar-refractivity contribution in [3.8, 4) is 0 Å². The minimum Gasteiger partial charge on any atom is -0.466 e. The fourth-order valence-corrected chi connectivity index (χ4v) is 2.59. The SMILES string of the molecule is COC(=O)/C=C/[C@@H]1O[C@@H]2O[C@H]1[C@H]1OC(C)(C)O[C@@H]21. The predicted octanol–water partition coefficient (Wildman–Crippen LogP) is 0.359. The molecule has 3 fully saturated rings. The molecule has 5 atom stereocenters. The van der Waals surface area contributed by atoms with Crippen molar-refractivity contribution in [2.45, 2.75) is 50.3 Å². The van der Waals surface area contributed by atoms with Crippen LogP contribution < -0.4 is 0 Å². The average Bonchev–Trinajstić information content (AvgIpc) is 2.93. The molecule has 0 unspecified atom stereocenters. The van der Waals surface area contributed by atoms with Gasteiger partial charge in [-0.05, 0) is 19.9 Å². The Morgan fingerprint density at radius 2 is 1.89 bits per heavy atom. The van der Waals surface area contributed by atoms with Gasteiger partial charge in [0.15, 0.2) is 12.1 Å². The van der Waals surface area contributed by atoms with Crippen molar-refractivity contribution >= 4 is 5.97 Å². The molecule has 0 aromatic rings. The lowest BCUT2D eigenvalue weighted by molar-refractivity contribution is -0.193. The van der Waals surface area contributed by atoms with Crippen LogP contribution >= 0.6 is 0 Å². The van der Waals surface area contributed by atoms with Crippen molar-refractivity contribution in [1.29, 1.82) is 0 Å². The summed E-state index contributed by atoms with van der Waals surface area (Å²) in [6.07, 6.45) is 1.69. The van der Waals surface area contributed by atoms with Crippen molar-refractivity contribution < 1.29 is 28.5 Å². The van der Waals surface area contributed by atoms with Crippen LogP contribution in [0.2, 0.25) is 0 Å². The van der Waals surface area contributed by atoms with Gasteiger partial charge in [0.1, 0.15) is 24.4 Å². The second kappa shape index (κ2) is 4.03. The normalized spacial score (nSPS) is 44.5. The molecule has 18 heavy (non-hydrogen) atoms. The maximum absolute atomic E-state index is 11.0. The topological polar surface area (TPSA) is 63.2 Å². The number of carbonyl (C=O) groups excluding carboxylic acids is 1. The van der Waals surface area contributed by atoms with Crippen LogP contribution in [0.15, 0.2) is 12.2 Å². The molecule has 2 bridgehead atoms. The molecule has 3 rings (SSSR count). The maximum Gasteiger partial charge on any atom is 0.330 e. The third-order valence-electron chi connectivity index (χ3n) is 3.29. The number of esters is 1. The molecule has 6 heteroatoms. The van der Waals surface area contributed by atoms with E-state index in [9.17, 15) is 4.79 Å². The van der Waals surface area contributed by atoms with Gasteiger partial charge in [-0.25, -0.2) is 4.79 Å². The molecule has 0 spiro atoms. The zero-order valence-electron chi connectivity index (χ0n) is 10.5. The highest BCUT2D eigenvalue weighted by Gasteiger charge is 2.62. The standard InChI is InChI=1S/C12H16O6/c1-12(2)17-9-8-6(4-5-7(13)14-3)15-11(16-8)10(9)18-12/h4-6,8-11H,1-3H3/b5-4+/t6-,8+,9+,10+,11+/m0/s1. The van der Waals surface area contributed by atoms with Crippen LogP contribution in [0.4, 0.5) is 0 Å². The van der Waals surface area contributed by atoms with E-state index in [1.54, 1.807) is 6.08 Å². The smallest absolute Gasteiger partial charge is 0.330 e. The van der Waals surface area contributed by atoms with Crippen molar-refractivity contribution in [3.05, 3.63) is 12.2 Å². The van der Waals surface area contributed by atoms with E-state index in [0.29, 0.717) is 0 Å². The molecule has 6 nitrogen and oxygen atoms in total. The van der Waals surface area contributed by atoms with E-state index in [1.807, 2.05) is 13.8 Å². The lowest BCUT2D eigenvalue weighted by atomic mass is 10.0. The summed E-state index contributed by atoms with van der Waals surface area (Å²) >= 11 is 0. The second-order valence-electron chi connectivity index (χ2n) is 5.02. The van der Waals surface area contributed by atoms with E-state index < -0.39 is 18.0 Å². The van der Waals surface area contributed by atoms with Gasteiger partial charge in [-0.2, -0.15) is 0 Å². The van der Waals surface area contributed by atoms with Gasteiger partial charge in [0.2, 0.25) is 0 Å². The number of hydrogen-bond donors (Lipinski definition) is 0. The van der Waals surface area contributed by atoms with Crippen molar-refractivity contribution in [3.63, 3.8) is 0 Å². The quantitative estimate of drug-likeness (QED) is 0.525. The number of methoxy groups -OCH3 is 1. The number of fused-ring (bicyclic) bond motifs is 5. The second-order valence-corrected chi connectivity index (χ2v) is 5.02. The molecule has 100 valence electrons. The Bertz CT molecular complexity index is 390. The summed E-state index contributed by atoms with van der Waals surface area (Å²) in [5.41, 5.74) is 0. The molecule has 3 aliphatic rings. The van der Waals surface area contributed by atoms with Gasteiger partial charge in [0.05, 0.1) is 7.11 Å². The van der Waals surface area contributed by atoms with Gasteiger partial charge in [0.25, 0.3) is 0 Å². The van der Waals surface area contributed by atoms with Crippen LogP contribution in [0.3, 0.4) is 0 Å². The highest BCUT2D eigenvalue weighted by Crippen LogP contribution is 2.45. The third-order valence-corrected chi connectivity index (χ3v) is 3.29. The van der Waals surface area contributed by atoms with Crippen LogP contribution in [-0.2, 0) is 28.5 Å². The van der Waals surface area contributed by atoms with E-state index in [4.69, 9.17) is 18.9 Å². The Balaban J connectivity index is 1.70. The Labute approximate surface area is 105 Å². The monoisotopic (exact) mass is 256 g/mol. The van der Waals surface area contributed by atoms with Crippen LogP contribution in [-0.4, -0.2) is 49.6 Å². The number of hydrogen-bond acceptors (Lipinski definition) is 6. The van der Waals surface area contributed by atoms with E-state index in [1.165, 1.54) is 13.2 Å². The Hall–Kier alpha value is -0.950. The Kier molecular flexibility index (Phi) is 2.71. The summed E-state index contributed by atoms with van der Waals surface area (Å²) in [5.74, 6) is -1.03. The molecule has 0 amide bonds. The molecular formula is C12H16O6. The summed E-state index contributed by atoms with van der Waals surface area (Å²) in [7, 11) is 1.33. The highest BCUT2D eigenvalue weighted by atomic mass is 16.8. The largest absolute Gasteiger partial charge is 0.466 e. The maximum atomic E-state index is 11.0. The Morgan fingerprint density at radius 3 is 2.61 bits per heavy atom. The average molecular weight is 256 g/mol. The molecule has 0 N–H and O–H groups in total. The van der Waals surface area contributed by atoms with E-state index >= 15 is 0 Å². The first kappa shape index (κ1) is 12.1. The molecule has 0 aliphatic carbocycles. The predicted molar refractivity (Wildman–Crippen MR) is 58.5 cm³/mol. The van der Waals surface area contributed by atoms with E-state index in [-0.39, 0.29) is 24.4 Å². The number of ether oxygens (including phenoxy) is 5. The zero-order chi connectivity index (χ0) is 12.9. The number of rotatable bonds is 2. The van der Waals surface area contributed by atoms with Crippen LogP contribution in [0.1, 0.15) is 13.8 Å². The zero-order valence-corrected chi connectivity index (χ0v) is 10.5. The Morgan fingerprint density at radius 1 is 1.17 bits per heavy atom. The van der Waals surface area contributed by atoms with Crippen LogP contribution in [0.25, 0.3) is 0 Å². The fourth-order valence-electron chi connectivity index (χ4n) is 2.59. The third kappa shape index (κ3) is 1.85. The van der Waals surface area contributed by atoms with Gasteiger partial charge in [-0.1, -0.05) is 0 Å². The molecule has 0 aromatic carbocycles. The van der Waals surface area contributed by atoms with Crippen molar-refractivity contribution in [2.24, 2.45) is 0 Å². The summed E-state index contributed by atoms with van der Waals surface area (Å²) in [5, 5.41) is 0. The van der Waals surface area contributed by atoms with Crippen molar-refractivity contribution in [2.75, 3.05) is 7.11 Å². The summed E-state index contributed by atoms with van der Waals surface area (Å²) in [6, 6.07) is 0. The lowest BCUT2D eigenvalue weighted by Crippen LogP contribution is -2.43. The molecule has 3 aliphatic heterocycles. The first-order chi connectivity index (χ1) is 8.50. The lowest BCUT2D eigenvalue weighted by Gasteiger charge is -2.23. The first-order valence-electron chi connectivity index (χ1n) is 5.93. The summed E-state index contributed by atoms with van der Waals surface area (Å²) in [4.78, 5) is 11.0. The van der Waals surface area contributed by atoms with Crippen LogP contribution in [0, 0.1) is 0 Å². The van der Waals surface area contributed by atoms with E-state index in [0.717, 1.165) is 0 Å². The molecule has 0 radical (unpaired) electrons. The molecule has 0 aromatic heterocycles. The molecular weight excluding hydrogens is 240 g/mol. The number of carbonyl (C=O) groups is 1.